The number of aromatic nitrogens is 2. The Morgan fingerprint density at radius 2 is 1.46 bits per heavy atom. The van der Waals surface area contributed by atoms with E-state index in [1.807, 2.05) is 45.0 Å². The fourth-order valence-electron chi connectivity index (χ4n) is 5.26. The minimum absolute atomic E-state index is 0.0224. The number of para-hydroxylation sites is 3. The molecule has 1 amide bonds. The van der Waals surface area contributed by atoms with Crippen molar-refractivity contribution < 1.29 is 32.2 Å². The molecular formula is C40H44N4O7S. The van der Waals surface area contributed by atoms with E-state index < -0.39 is 10.0 Å². The number of nitrogens with zero attached hydrogens (tertiary/aromatic N) is 2. The number of sulfonamides is 1. The maximum Gasteiger partial charge on any atom is 0.263 e. The Labute approximate surface area is 305 Å². The van der Waals surface area contributed by atoms with Crippen LogP contribution in [0, 0.1) is 0 Å². The van der Waals surface area contributed by atoms with E-state index in [9.17, 15) is 13.2 Å². The van der Waals surface area contributed by atoms with Gasteiger partial charge in [0.2, 0.25) is 11.7 Å². The van der Waals surface area contributed by atoms with E-state index in [1.165, 1.54) is 7.11 Å². The normalized spacial score (nSPS) is 11.5. The molecule has 0 saturated carbocycles. The zero-order valence-corrected chi connectivity index (χ0v) is 31.2. The summed E-state index contributed by atoms with van der Waals surface area (Å²) in [5, 5.41) is 2.97. The van der Waals surface area contributed by atoms with Gasteiger partial charge in [-0.05, 0) is 77.1 Å². The topological polar surface area (TPSA) is 138 Å². The number of benzene rings is 4. The first-order chi connectivity index (χ1) is 24.8. The Bertz CT molecular complexity index is 2110. The van der Waals surface area contributed by atoms with E-state index in [4.69, 9.17) is 18.9 Å². The van der Waals surface area contributed by atoms with E-state index in [0.29, 0.717) is 17.1 Å². The molecule has 0 spiro atoms. The molecule has 5 aromatic rings. The molecule has 12 heteroatoms. The van der Waals surface area contributed by atoms with Crippen molar-refractivity contribution >= 4 is 27.4 Å². The first-order valence-corrected chi connectivity index (χ1v) is 18.3. The van der Waals surface area contributed by atoms with Crippen LogP contribution < -0.4 is 29.0 Å². The highest BCUT2D eigenvalue weighted by molar-refractivity contribution is 7.92. The second kappa shape index (κ2) is 16.2. The zero-order valence-electron chi connectivity index (χ0n) is 30.4. The van der Waals surface area contributed by atoms with Crippen LogP contribution in [0.25, 0.3) is 11.4 Å². The van der Waals surface area contributed by atoms with Gasteiger partial charge in [-0.2, -0.15) is 4.98 Å². The lowest BCUT2D eigenvalue weighted by Gasteiger charge is -2.20. The Kier molecular flexibility index (Phi) is 11.7. The monoisotopic (exact) mass is 724 g/mol. The SMILES string of the molecule is COc1ccc(-c2nc(NS(=O)(=O)c3ccc(C(C)(C)C)cc3)c(Oc3ccccc3OC)c(OCCC(=O)Nc3ccccc3C(C)C)n2)cc1. The summed E-state index contributed by atoms with van der Waals surface area (Å²) in [5.74, 6) is 0.920. The van der Waals surface area contributed by atoms with Crippen molar-refractivity contribution in [2.45, 2.75) is 57.3 Å². The molecule has 0 aliphatic rings. The standard InChI is InChI=1S/C40H44N4O7S/c1-26(2)31-12-8-9-13-32(31)41-35(45)24-25-50-39-36(51-34-15-11-10-14-33(34)49-7)38(42-37(43-39)27-16-20-29(48-6)21-17-27)44-52(46,47)30-22-18-28(19-23-30)40(3,4)5/h8-23,26H,24-25H2,1-7H3,(H,41,45)(H,42,43,44). The van der Waals surface area contributed by atoms with Gasteiger partial charge in [0, 0.05) is 11.3 Å². The quantitative estimate of drug-likeness (QED) is 0.115. The van der Waals surface area contributed by atoms with Gasteiger partial charge >= 0.3 is 0 Å². The number of amides is 1. The molecule has 11 nitrogen and oxygen atoms in total. The van der Waals surface area contributed by atoms with E-state index >= 15 is 0 Å². The number of carbonyl (C=O) groups excluding carboxylic acids is 1. The van der Waals surface area contributed by atoms with Crippen molar-refractivity contribution in [3.05, 3.63) is 108 Å². The van der Waals surface area contributed by atoms with Crippen LogP contribution in [-0.4, -0.2) is 45.1 Å². The molecule has 272 valence electrons. The largest absolute Gasteiger partial charge is 0.497 e. The van der Waals surface area contributed by atoms with Gasteiger partial charge in [-0.1, -0.05) is 77.1 Å². The lowest BCUT2D eigenvalue weighted by Crippen LogP contribution is -2.18. The summed E-state index contributed by atoms with van der Waals surface area (Å²) in [6.45, 7) is 10.1. The summed E-state index contributed by atoms with van der Waals surface area (Å²) in [5.41, 5.74) is 3.08. The smallest absolute Gasteiger partial charge is 0.263 e. The maximum absolute atomic E-state index is 13.9. The highest BCUT2D eigenvalue weighted by Gasteiger charge is 2.26. The van der Waals surface area contributed by atoms with Crippen molar-refractivity contribution in [3.8, 4) is 40.3 Å². The minimum Gasteiger partial charge on any atom is -0.497 e. The third-order valence-electron chi connectivity index (χ3n) is 8.15. The predicted molar refractivity (Wildman–Crippen MR) is 202 cm³/mol. The molecule has 0 atom stereocenters. The van der Waals surface area contributed by atoms with Gasteiger partial charge in [0.15, 0.2) is 23.1 Å². The van der Waals surface area contributed by atoms with E-state index in [0.717, 1.165) is 16.8 Å². The second-order valence-electron chi connectivity index (χ2n) is 13.3. The summed E-state index contributed by atoms with van der Waals surface area (Å²) in [4.78, 5) is 22.4. The lowest BCUT2D eigenvalue weighted by molar-refractivity contribution is -0.116. The van der Waals surface area contributed by atoms with Gasteiger partial charge in [0.1, 0.15) is 5.75 Å². The number of nitrogens with one attached hydrogen (secondary N) is 2. The highest BCUT2D eigenvalue weighted by Crippen LogP contribution is 2.42. The molecule has 0 aliphatic carbocycles. The van der Waals surface area contributed by atoms with Crippen molar-refractivity contribution in [2.24, 2.45) is 0 Å². The molecule has 2 N–H and O–H groups in total. The Morgan fingerprint density at radius 1 is 0.808 bits per heavy atom. The first kappa shape index (κ1) is 37.6. The number of anilines is 2. The molecule has 0 saturated heterocycles. The molecule has 0 unspecified atom stereocenters. The van der Waals surface area contributed by atoms with Crippen LogP contribution >= 0.6 is 0 Å². The van der Waals surface area contributed by atoms with Gasteiger partial charge in [0.05, 0.1) is 32.1 Å². The average molecular weight is 725 g/mol. The second-order valence-corrected chi connectivity index (χ2v) is 15.0. The van der Waals surface area contributed by atoms with Crippen molar-refractivity contribution in [3.63, 3.8) is 0 Å². The third-order valence-corrected chi connectivity index (χ3v) is 9.51. The van der Waals surface area contributed by atoms with Gasteiger partial charge in [-0.15, -0.1) is 0 Å². The minimum atomic E-state index is -4.20. The summed E-state index contributed by atoms with van der Waals surface area (Å²) < 4.78 is 53.7. The zero-order chi connectivity index (χ0) is 37.5. The predicted octanol–water partition coefficient (Wildman–Crippen LogP) is 8.58. The number of hydrogen-bond donors (Lipinski definition) is 2. The molecule has 0 bridgehead atoms. The molecule has 1 aromatic heterocycles. The Morgan fingerprint density at radius 3 is 2.10 bits per heavy atom. The third kappa shape index (κ3) is 9.18. The number of hydrogen-bond acceptors (Lipinski definition) is 9. The molecule has 0 fully saturated rings. The van der Waals surface area contributed by atoms with E-state index in [1.54, 1.807) is 79.9 Å². The first-order valence-electron chi connectivity index (χ1n) is 16.8. The number of carbonyl (C=O) groups is 1. The molecule has 4 aromatic carbocycles. The van der Waals surface area contributed by atoms with Crippen molar-refractivity contribution in [1.29, 1.82) is 0 Å². The van der Waals surface area contributed by atoms with Crippen LogP contribution in [0.1, 0.15) is 58.1 Å². The van der Waals surface area contributed by atoms with E-state index in [2.05, 4.69) is 33.9 Å². The van der Waals surface area contributed by atoms with Crippen LogP contribution in [0.4, 0.5) is 11.5 Å². The van der Waals surface area contributed by atoms with Gasteiger partial charge in [0.25, 0.3) is 15.9 Å². The molecule has 1 heterocycles. The Hall–Kier alpha value is -5.62. The van der Waals surface area contributed by atoms with Crippen molar-refractivity contribution in [1.82, 2.24) is 9.97 Å². The fraction of sp³-hybridized carbons (Fsp3) is 0.275. The average Bonchev–Trinajstić information content (AvgIpc) is 3.12. The highest BCUT2D eigenvalue weighted by atomic mass is 32.2. The van der Waals surface area contributed by atoms with Gasteiger partial charge < -0.3 is 24.3 Å². The van der Waals surface area contributed by atoms with Crippen LogP contribution in [0.15, 0.2) is 102 Å². The van der Waals surface area contributed by atoms with E-state index in [-0.39, 0.29) is 64.2 Å². The van der Waals surface area contributed by atoms with Crippen LogP contribution in [0.2, 0.25) is 0 Å². The summed E-state index contributed by atoms with van der Waals surface area (Å²) >= 11 is 0. The summed E-state index contributed by atoms with van der Waals surface area (Å²) in [7, 11) is -1.16. The van der Waals surface area contributed by atoms with Crippen LogP contribution in [-0.2, 0) is 20.2 Å². The Balaban J connectivity index is 1.56. The molecular weight excluding hydrogens is 681 g/mol. The lowest BCUT2D eigenvalue weighted by atomic mass is 9.87. The number of ether oxygens (including phenoxy) is 4. The summed E-state index contributed by atoms with van der Waals surface area (Å²) in [6.07, 6.45) is -0.0381. The number of methoxy groups -OCH3 is 2. The van der Waals surface area contributed by atoms with Crippen molar-refractivity contribution in [2.75, 3.05) is 30.9 Å². The summed E-state index contributed by atoms with van der Waals surface area (Å²) in [6, 6.07) is 28.1. The molecule has 52 heavy (non-hydrogen) atoms. The van der Waals surface area contributed by atoms with Crippen LogP contribution in [0.3, 0.4) is 0 Å². The molecule has 0 aliphatic heterocycles. The van der Waals surface area contributed by atoms with Gasteiger partial charge in [-0.25, -0.2) is 13.4 Å². The van der Waals surface area contributed by atoms with Crippen LogP contribution in [0.5, 0.6) is 28.9 Å². The fourth-order valence-corrected chi connectivity index (χ4v) is 6.26. The van der Waals surface area contributed by atoms with Gasteiger partial charge in [-0.3, -0.25) is 9.52 Å². The maximum atomic E-state index is 13.9. The number of rotatable bonds is 14. The molecule has 5 rings (SSSR count). The molecule has 0 radical (unpaired) electrons.